The Bertz CT molecular complexity index is 1370. The fourth-order valence-corrected chi connectivity index (χ4v) is 5.51. The maximum Gasteiger partial charge on any atom is 0.189 e. The van der Waals surface area contributed by atoms with Gasteiger partial charge < -0.3 is 24.9 Å². The summed E-state index contributed by atoms with van der Waals surface area (Å²) in [7, 11) is 0. The first kappa shape index (κ1) is 23.1. The number of hydrogen-bond donors (Lipinski definition) is 3. The van der Waals surface area contributed by atoms with Crippen molar-refractivity contribution >= 4 is 57.4 Å². The zero-order valence-corrected chi connectivity index (χ0v) is 21.2. The number of aryl methyl sites for hydroxylation is 1. The van der Waals surface area contributed by atoms with E-state index in [0.29, 0.717) is 12.5 Å². The number of anilines is 2. The number of aliphatic hydroxyl groups excluding tert-OH is 1. The smallest absolute Gasteiger partial charge is 0.189 e. The zero-order valence-electron chi connectivity index (χ0n) is 19.5. The molecule has 0 aliphatic carbocycles. The summed E-state index contributed by atoms with van der Waals surface area (Å²) in [4.78, 5) is 15.3. The molecule has 178 valence electrons. The Kier molecular flexibility index (Phi) is 6.76. The Morgan fingerprint density at radius 2 is 2.00 bits per heavy atom. The summed E-state index contributed by atoms with van der Waals surface area (Å²) in [5.41, 5.74) is 5.45. The van der Waals surface area contributed by atoms with Crippen LogP contribution in [0.4, 0.5) is 11.5 Å². The van der Waals surface area contributed by atoms with Crippen LogP contribution in [-0.2, 0) is 13.1 Å². The molecule has 0 saturated carbocycles. The number of aromatic nitrogens is 4. The molecule has 5 rings (SSSR count). The second-order valence-corrected chi connectivity index (χ2v) is 9.88. The maximum absolute atomic E-state index is 9.49. The number of rotatable bonds is 7. The SMILES string of the molecule is CCn1c(=S)[nH]c2cc3c(NCc4ccccc4N4CCC(CO)CC4)nc(SC)nc3cc21. The van der Waals surface area contributed by atoms with Crippen molar-refractivity contribution in [2.24, 2.45) is 5.92 Å². The number of hydrogen-bond acceptors (Lipinski definition) is 7. The predicted octanol–water partition coefficient (Wildman–Crippen LogP) is 5.20. The molecule has 9 heteroatoms. The van der Waals surface area contributed by atoms with Crippen molar-refractivity contribution in [3.05, 3.63) is 46.7 Å². The molecular weight excluding hydrogens is 464 g/mol. The average molecular weight is 495 g/mol. The molecule has 0 bridgehead atoms. The predicted molar refractivity (Wildman–Crippen MR) is 143 cm³/mol. The van der Waals surface area contributed by atoms with E-state index in [4.69, 9.17) is 22.2 Å². The molecule has 0 unspecified atom stereocenters. The summed E-state index contributed by atoms with van der Waals surface area (Å²) in [6.07, 6.45) is 4.06. The molecule has 0 amide bonds. The number of imidazole rings is 1. The number of fused-ring (bicyclic) bond motifs is 2. The van der Waals surface area contributed by atoms with Gasteiger partial charge in [-0.2, -0.15) is 0 Å². The summed E-state index contributed by atoms with van der Waals surface area (Å²) < 4.78 is 2.81. The van der Waals surface area contributed by atoms with E-state index in [2.05, 4.69) is 63.1 Å². The lowest BCUT2D eigenvalue weighted by Crippen LogP contribution is -2.35. The third-order valence-corrected chi connectivity index (χ3v) is 7.59. The van der Waals surface area contributed by atoms with E-state index >= 15 is 0 Å². The Labute approximate surface area is 208 Å². The summed E-state index contributed by atoms with van der Waals surface area (Å²) in [6, 6.07) is 12.8. The highest BCUT2D eigenvalue weighted by Gasteiger charge is 2.20. The second kappa shape index (κ2) is 9.93. The molecular formula is C25H30N6OS2. The van der Waals surface area contributed by atoms with Gasteiger partial charge in [0.15, 0.2) is 9.93 Å². The van der Waals surface area contributed by atoms with Crippen LogP contribution in [0.1, 0.15) is 25.3 Å². The number of nitrogens with one attached hydrogen (secondary N) is 2. The van der Waals surface area contributed by atoms with Crippen molar-refractivity contribution in [1.82, 2.24) is 19.5 Å². The molecule has 0 atom stereocenters. The third-order valence-electron chi connectivity index (χ3n) is 6.72. The molecule has 2 aromatic heterocycles. The lowest BCUT2D eigenvalue weighted by atomic mass is 9.97. The monoisotopic (exact) mass is 494 g/mol. The van der Waals surface area contributed by atoms with Crippen LogP contribution in [0.15, 0.2) is 41.6 Å². The lowest BCUT2D eigenvalue weighted by Gasteiger charge is -2.34. The minimum atomic E-state index is 0.287. The van der Waals surface area contributed by atoms with Crippen molar-refractivity contribution < 1.29 is 5.11 Å². The molecule has 7 nitrogen and oxygen atoms in total. The number of H-pyrrole nitrogens is 1. The Hall–Kier alpha value is -2.62. The second-order valence-electron chi connectivity index (χ2n) is 8.72. The third kappa shape index (κ3) is 4.39. The minimum Gasteiger partial charge on any atom is -0.396 e. The van der Waals surface area contributed by atoms with Gasteiger partial charge in [0.2, 0.25) is 0 Å². The fourth-order valence-electron chi connectivity index (χ4n) is 4.80. The maximum atomic E-state index is 9.49. The number of aromatic amines is 1. The number of nitrogens with zero attached hydrogens (tertiary/aromatic N) is 4. The van der Waals surface area contributed by atoms with Gasteiger partial charge in [-0.1, -0.05) is 30.0 Å². The molecule has 1 fully saturated rings. The van der Waals surface area contributed by atoms with Gasteiger partial charge in [0.05, 0.1) is 16.6 Å². The van der Waals surface area contributed by atoms with Gasteiger partial charge in [0.25, 0.3) is 0 Å². The van der Waals surface area contributed by atoms with Gasteiger partial charge in [-0.25, -0.2) is 9.97 Å². The van der Waals surface area contributed by atoms with Crippen LogP contribution in [0, 0.1) is 10.7 Å². The van der Waals surface area contributed by atoms with E-state index < -0.39 is 0 Å². The molecule has 0 spiro atoms. The van der Waals surface area contributed by atoms with E-state index in [-0.39, 0.29) is 6.61 Å². The van der Waals surface area contributed by atoms with E-state index in [1.54, 1.807) is 11.8 Å². The fraction of sp³-hybridized carbons (Fsp3) is 0.400. The Balaban J connectivity index is 1.48. The van der Waals surface area contributed by atoms with Crippen LogP contribution in [0.3, 0.4) is 0 Å². The highest BCUT2D eigenvalue weighted by Crippen LogP contribution is 2.30. The van der Waals surface area contributed by atoms with E-state index in [1.807, 2.05) is 6.26 Å². The molecule has 3 heterocycles. The van der Waals surface area contributed by atoms with E-state index in [9.17, 15) is 5.11 Å². The molecule has 0 radical (unpaired) electrons. The number of thioether (sulfide) groups is 1. The van der Waals surface area contributed by atoms with Crippen molar-refractivity contribution in [1.29, 1.82) is 0 Å². The van der Waals surface area contributed by atoms with Gasteiger partial charge in [0.1, 0.15) is 5.82 Å². The molecule has 2 aromatic carbocycles. The van der Waals surface area contributed by atoms with E-state index in [1.165, 1.54) is 11.3 Å². The normalized spacial score (nSPS) is 14.9. The first-order valence-corrected chi connectivity index (χ1v) is 13.4. The Morgan fingerprint density at radius 3 is 2.74 bits per heavy atom. The average Bonchev–Trinajstić information content (AvgIpc) is 3.19. The van der Waals surface area contributed by atoms with Crippen LogP contribution in [0.25, 0.3) is 21.9 Å². The summed E-state index contributed by atoms with van der Waals surface area (Å²) >= 11 is 7.05. The van der Waals surface area contributed by atoms with Crippen molar-refractivity contribution in [3.8, 4) is 0 Å². The standard InChI is InChI=1S/C25H30N6OS2/c1-3-31-22-13-19-18(12-20(22)28-25(31)33)23(29-24(27-19)34-2)26-14-17-6-4-5-7-21(17)30-10-8-16(15-32)9-11-30/h4-7,12-13,16,32H,3,8-11,14-15H2,1-2H3,(H,28,33)(H,26,27,29). The van der Waals surface area contributed by atoms with Crippen LogP contribution >= 0.6 is 24.0 Å². The number of aliphatic hydroxyl groups is 1. The van der Waals surface area contributed by atoms with Crippen molar-refractivity contribution in [3.63, 3.8) is 0 Å². The zero-order chi connectivity index (χ0) is 23.7. The largest absolute Gasteiger partial charge is 0.396 e. The summed E-state index contributed by atoms with van der Waals surface area (Å²) in [5.74, 6) is 1.25. The molecule has 1 aliphatic rings. The molecule has 1 aliphatic heterocycles. The topological polar surface area (TPSA) is 82.0 Å². The summed E-state index contributed by atoms with van der Waals surface area (Å²) in [5, 5.41) is 14.8. The van der Waals surface area contributed by atoms with Gasteiger partial charge in [-0.3, -0.25) is 0 Å². The molecule has 1 saturated heterocycles. The molecule has 3 N–H and O–H groups in total. The first-order chi connectivity index (χ1) is 16.6. The number of benzene rings is 2. The minimum absolute atomic E-state index is 0.287. The van der Waals surface area contributed by atoms with Gasteiger partial charge in [0, 0.05) is 43.9 Å². The van der Waals surface area contributed by atoms with Crippen LogP contribution in [0.5, 0.6) is 0 Å². The highest BCUT2D eigenvalue weighted by atomic mass is 32.2. The van der Waals surface area contributed by atoms with Crippen LogP contribution in [0.2, 0.25) is 0 Å². The van der Waals surface area contributed by atoms with Gasteiger partial charge in [-0.05, 0) is 67.9 Å². The van der Waals surface area contributed by atoms with Gasteiger partial charge >= 0.3 is 0 Å². The molecule has 34 heavy (non-hydrogen) atoms. The van der Waals surface area contributed by atoms with E-state index in [0.717, 1.165) is 70.2 Å². The Morgan fingerprint density at radius 1 is 1.21 bits per heavy atom. The van der Waals surface area contributed by atoms with Crippen LogP contribution in [-0.4, -0.2) is 50.6 Å². The van der Waals surface area contributed by atoms with Crippen LogP contribution < -0.4 is 10.2 Å². The quantitative estimate of drug-likeness (QED) is 0.185. The molecule has 4 aromatic rings. The lowest BCUT2D eigenvalue weighted by molar-refractivity contribution is 0.203. The van der Waals surface area contributed by atoms with Gasteiger partial charge in [-0.15, -0.1) is 0 Å². The first-order valence-electron chi connectivity index (χ1n) is 11.8. The number of piperidine rings is 1. The highest BCUT2D eigenvalue weighted by molar-refractivity contribution is 7.98. The van der Waals surface area contributed by atoms with Crippen molar-refractivity contribution in [2.45, 2.75) is 38.0 Å². The number of para-hydroxylation sites is 1. The summed E-state index contributed by atoms with van der Waals surface area (Å²) in [6.45, 7) is 5.80. The van der Waals surface area contributed by atoms with Crippen molar-refractivity contribution in [2.75, 3.05) is 36.2 Å².